The van der Waals surface area contributed by atoms with Crippen LogP contribution in [0.25, 0.3) is 5.57 Å². The number of ether oxygens (including phenoxy) is 3. The van der Waals surface area contributed by atoms with Crippen LogP contribution in [0.2, 0.25) is 0 Å². The Morgan fingerprint density at radius 2 is 2.16 bits per heavy atom. The number of hydrogen-bond donors (Lipinski definition) is 0. The molecule has 3 aliphatic heterocycles. The van der Waals surface area contributed by atoms with Crippen molar-refractivity contribution in [3.63, 3.8) is 0 Å². The molecule has 0 amide bonds. The maximum Gasteiger partial charge on any atom is 0.207 e. The van der Waals surface area contributed by atoms with Gasteiger partial charge in [0.15, 0.2) is 0 Å². The first kappa shape index (κ1) is 10.3. The second-order valence-corrected chi connectivity index (χ2v) is 5.83. The zero-order valence-corrected chi connectivity index (χ0v) is 10.8. The molecule has 0 N–H and O–H groups in total. The minimum absolute atomic E-state index is 0.0796. The van der Waals surface area contributed by atoms with Crippen LogP contribution >= 0.6 is 0 Å². The molecule has 98 valence electrons. The highest BCUT2D eigenvalue weighted by Crippen LogP contribution is 2.53. The van der Waals surface area contributed by atoms with Gasteiger partial charge in [-0.2, -0.15) is 0 Å². The molecule has 19 heavy (non-hydrogen) atoms. The molecule has 1 aliphatic carbocycles. The van der Waals surface area contributed by atoms with Crippen LogP contribution in [0.1, 0.15) is 42.7 Å². The largest absolute Gasteiger partial charge is 0.488 e. The van der Waals surface area contributed by atoms with Crippen LogP contribution < -0.4 is 9.47 Å². The Hall–Kier alpha value is -1.48. The Kier molecular flexibility index (Phi) is 1.92. The van der Waals surface area contributed by atoms with Gasteiger partial charge in [0.1, 0.15) is 18.1 Å². The lowest BCUT2D eigenvalue weighted by Gasteiger charge is -2.23. The van der Waals surface area contributed by atoms with Crippen LogP contribution in [0.15, 0.2) is 17.7 Å². The molecule has 4 aliphatic rings. The number of rotatable bonds is 0. The molecule has 0 aromatic heterocycles. The summed E-state index contributed by atoms with van der Waals surface area (Å²) in [6.45, 7) is 1.57. The Balaban J connectivity index is 1.71. The van der Waals surface area contributed by atoms with E-state index in [1.807, 2.05) is 0 Å². The maximum atomic E-state index is 6.10. The third kappa shape index (κ3) is 1.26. The summed E-state index contributed by atoms with van der Waals surface area (Å²) in [6, 6.07) is 4.28. The topological polar surface area (TPSA) is 27.7 Å². The van der Waals surface area contributed by atoms with Crippen LogP contribution in [-0.2, 0) is 4.74 Å². The zero-order valence-electron chi connectivity index (χ0n) is 10.8. The Morgan fingerprint density at radius 1 is 1.16 bits per heavy atom. The van der Waals surface area contributed by atoms with Gasteiger partial charge in [0.05, 0.1) is 12.5 Å². The second-order valence-electron chi connectivity index (χ2n) is 5.83. The molecule has 0 radical (unpaired) electrons. The highest BCUT2D eigenvalue weighted by atomic mass is 16.7. The third-order valence-corrected chi connectivity index (χ3v) is 4.86. The van der Waals surface area contributed by atoms with Gasteiger partial charge in [-0.15, -0.1) is 0 Å². The first-order chi connectivity index (χ1) is 9.42. The van der Waals surface area contributed by atoms with E-state index in [1.165, 1.54) is 41.5 Å². The summed E-state index contributed by atoms with van der Waals surface area (Å²) in [5.74, 6) is 2.42. The zero-order chi connectivity index (χ0) is 12.4. The van der Waals surface area contributed by atoms with Crippen molar-refractivity contribution in [2.45, 2.75) is 37.9 Å². The summed E-state index contributed by atoms with van der Waals surface area (Å²) < 4.78 is 17.6. The highest BCUT2D eigenvalue weighted by molar-refractivity contribution is 5.79. The van der Waals surface area contributed by atoms with E-state index in [4.69, 9.17) is 14.2 Å². The fourth-order valence-corrected chi connectivity index (χ4v) is 3.96. The molecule has 2 unspecified atom stereocenters. The van der Waals surface area contributed by atoms with Crippen LogP contribution in [0, 0.1) is 0 Å². The van der Waals surface area contributed by atoms with Gasteiger partial charge in [0, 0.05) is 11.1 Å². The van der Waals surface area contributed by atoms with Gasteiger partial charge in [-0.3, -0.25) is 0 Å². The lowest BCUT2D eigenvalue weighted by atomic mass is 9.90. The summed E-state index contributed by atoms with van der Waals surface area (Å²) >= 11 is 0. The average Bonchev–Trinajstić information content (AvgIpc) is 3.12. The van der Waals surface area contributed by atoms with E-state index in [0.717, 1.165) is 31.1 Å². The second kappa shape index (κ2) is 3.54. The summed E-state index contributed by atoms with van der Waals surface area (Å²) in [5, 5.41) is 0. The first-order valence-electron chi connectivity index (χ1n) is 7.21. The number of allylic oxidation sites excluding steroid dienone is 1. The molecular weight excluding hydrogens is 240 g/mol. The van der Waals surface area contributed by atoms with Crippen molar-refractivity contribution in [2.24, 2.45) is 0 Å². The molecule has 1 aromatic rings. The predicted octanol–water partition coefficient (Wildman–Crippen LogP) is 3.24. The Bertz CT molecular complexity index is 602. The standard InChI is InChI=1S/C16H16O3/c1-2-9-8-18-15-11(10(9)3-1)4-5-13-14(15)12-6-7-17-16(12)19-13/h4-5,12,16H,1-3,6-8H2. The number of benzene rings is 1. The molecule has 0 saturated carbocycles. The van der Waals surface area contributed by atoms with Gasteiger partial charge in [-0.05, 0) is 49.0 Å². The van der Waals surface area contributed by atoms with Crippen LogP contribution in [0.5, 0.6) is 11.5 Å². The summed E-state index contributed by atoms with van der Waals surface area (Å²) in [4.78, 5) is 0. The maximum absolute atomic E-state index is 6.10. The van der Waals surface area contributed by atoms with Crippen molar-refractivity contribution in [3.05, 3.63) is 28.8 Å². The number of fused-ring (bicyclic) bond motifs is 6. The van der Waals surface area contributed by atoms with E-state index in [2.05, 4.69) is 12.1 Å². The van der Waals surface area contributed by atoms with Gasteiger partial charge in [-0.25, -0.2) is 0 Å². The van der Waals surface area contributed by atoms with E-state index in [0.29, 0.717) is 5.92 Å². The average molecular weight is 256 g/mol. The predicted molar refractivity (Wildman–Crippen MR) is 70.4 cm³/mol. The van der Waals surface area contributed by atoms with Crippen molar-refractivity contribution < 1.29 is 14.2 Å². The van der Waals surface area contributed by atoms with E-state index in [1.54, 1.807) is 0 Å². The molecule has 3 heteroatoms. The van der Waals surface area contributed by atoms with Gasteiger partial charge in [0.2, 0.25) is 6.29 Å². The molecule has 5 rings (SSSR count). The van der Waals surface area contributed by atoms with Crippen LogP contribution in [0.3, 0.4) is 0 Å². The number of hydrogen-bond acceptors (Lipinski definition) is 3. The minimum Gasteiger partial charge on any atom is -0.488 e. The highest BCUT2D eigenvalue weighted by Gasteiger charge is 2.43. The molecule has 1 aromatic carbocycles. The Morgan fingerprint density at radius 3 is 3.16 bits per heavy atom. The van der Waals surface area contributed by atoms with E-state index < -0.39 is 0 Å². The van der Waals surface area contributed by atoms with Gasteiger partial charge in [-0.1, -0.05) is 0 Å². The molecule has 3 nitrogen and oxygen atoms in total. The molecule has 3 heterocycles. The quantitative estimate of drug-likeness (QED) is 0.713. The molecule has 0 spiro atoms. The van der Waals surface area contributed by atoms with E-state index >= 15 is 0 Å². The SMILES string of the molecule is c1cc2c(c3c1OC1OCCC31)OCC1=C2CCC1. The molecule has 1 saturated heterocycles. The van der Waals surface area contributed by atoms with Crippen molar-refractivity contribution in [1.82, 2.24) is 0 Å². The summed E-state index contributed by atoms with van der Waals surface area (Å²) in [5.41, 5.74) is 5.61. The third-order valence-electron chi connectivity index (χ3n) is 4.86. The fraction of sp³-hybridized carbons (Fsp3) is 0.500. The lowest BCUT2D eigenvalue weighted by Crippen LogP contribution is -2.14. The smallest absolute Gasteiger partial charge is 0.207 e. The van der Waals surface area contributed by atoms with Crippen molar-refractivity contribution in [1.29, 1.82) is 0 Å². The fourth-order valence-electron chi connectivity index (χ4n) is 3.96. The minimum atomic E-state index is -0.0796. The van der Waals surface area contributed by atoms with Crippen LogP contribution in [-0.4, -0.2) is 19.5 Å². The molecule has 1 fully saturated rings. The molecule has 2 atom stereocenters. The lowest BCUT2D eigenvalue weighted by molar-refractivity contribution is -0.0337. The van der Waals surface area contributed by atoms with E-state index in [9.17, 15) is 0 Å². The molecular formula is C16H16O3. The molecule has 0 bridgehead atoms. The van der Waals surface area contributed by atoms with Crippen molar-refractivity contribution in [2.75, 3.05) is 13.2 Å². The van der Waals surface area contributed by atoms with Gasteiger partial charge >= 0.3 is 0 Å². The van der Waals surface area contributed by atoms with Gasteiger partial charge in [0.25, 0.3) is 0 Å². The van der Waals surface area contributed by atoms with E-state index in [-0.39, 0.29) is 6.29 Å². The van der Waals surface area contributed by atoms with Gasteiger partial charge < -0.3 is 14.2 Å². The Labute approximate surface area is 112 Å². The van der Waals surface area contributed by atoms with Crippen molar-refractivity contribution in [3.8, 4) is 11.5 Å². The summed E-state index contributed by atoms with van der Waals surface area (Å²) in [7, 11) is 0. The summed E-state index contributed by atoms with van der Waals surface area (Å²) in [6.07, 6.45) is 4.65. The normalized spacial score (nSPS) is 30.3. The first-order valence-corrected chi connectivity index (χ1v) is 7.21. The van der Waals surface area contributed by atoms with Crippen molar-refractivity contribution >= 4 is 5.57 Å². The monoisotopic (exact) mass is 256 g/mol. The van der Waals surface area contributed by atoms with Crippen LogP contribution in [0.4, 0.5) is 0 Å².